The molecular weight excluding hydrogens is 470 g/mol. The number of nitrogens with zero attached hydrogens (tertiary/aromatic N) is 2. The molecule has 4 aromatic rings. The van der Waals surface area contributed by atoms with Gasteiger partial charge in [-0.05, 0) is 54.7 Å². The highest BCUT2D eigenvalue weighted by atomic mass is 35.5. The number of rotatable bonds is 7. The van der Waals surface area contributed by atoms with E-state index in [1.165, 1.54) is 23.1 Å². The van der Waals surface area contributed by atoms with E-state index in [0.29, 0.717) is 26.2 Å². The number of halogens is 1. The van der Waals surface area contributed by atoms with Crippen LogP contribution in [0, 0.1) is 3.95 Å². The molecule has 0 atom stereocenters. The zero-order chi connectivity index (χ0) is 21.6. The molecular formula is C22H16ClN3O2S3. The molecule has 5 nitrogen and oxygen atoms in total. The van der Waals surface area contributed by atoms with E-state index in [4.69, 9.17) is 28.6 Å². The molecule has 3 aromatic carbocycles. The second-order valence-corrected chi connectivity index (χ2v) is 9.56. The number of ether oxygens (including phenoxy) is 1. The third kappa shape index (κ3) is 5.74. The Morgan fingerprint density at radius 3 is 2.55 bits per heavy atom. The molecule has 0 aliphatic heterocycles. The van der Waals surface area contributed by atoms with Crippen molar-refractivity contribution < 1.29 is 9.53 Å². The first-order valence-corrected chi connectivity index (χ1v) is 11.8. The normalized spacial score (nSPS) is 10.6. The zero-order valence-corrected chi connectivity index (χ0v) is 19.2. The molecule has 1 aromatic heterocycles. The van der Waals surface area contributed by atoms with Gasteiger partial charge in [-0.25, -0.2) is 4.68 Å². The predicted molar refractivity (Wildman–Crippen MR) is 130 cm³/mol. The van der Waals surface area contributed by atoms with Crippen LogP contribution < -0.4 is 10.1 Å². The van der Waals surface area contributed by atoms with Gasteiger partial charge in [-0.3, -0.25) is 4.79 Å². The zero-order valence-electron chi connectivity index (χ0n) is 16.0. The van der Waals surface area contributed by atoms with Crippen LogP contribution in [-0.2, 0) is 4.79 Å². The Kier molecular flexibility index (Phi) is 7.03. The number of amides is 1. The number of hydrogen-bond donors (Lipinski definition) is 1. The second kappa shape index (κ2) is 10.1. The molecule has 0 radical (unpaired) electrons. The van der Waals surface area contributed by atoms with Crippen molar-refractivity contribution in [2.75, 3.05) is 11.1 Å². The number of benzene rings is 3. The summed E-state index contributed by atoms with van der Waals surface area (Å²) in [6.45, 7) is 0. The summed E-state index contributed by atoms with van der Waals surface area (Å²) in [6.07, 6.45) is 0. The van der Waals surface area contributed by atoms with E-state index in [1.807, 2.05) is 60.7 Å². The van der Waals surface area contributed by atoms with Gasteiger partial charge in [0.2, 0.25) is 5.91 Å². The molecule has 0 aliphatic carbocycles. The van der Waals surface area contributed by atoms with Crippen LogP contribution >= 0.6 is 46.9 Å². The van der Waals surface area contributed by atoms with Crippen LogP contribution in [0.15, 0.2) is 83.2 Å². The van der Waals surface area contributed by atoms with Gasteiger partial charge in [-0.1, -0.05) is 71.1 Å². The van der Waals surface area contributed by atoms with Gasteiger partial charge < -0.3 is 10.1 Å². The molecule has 1 heterocycles. The van der Waals surface area contributed by atoms with E-state index < -0.39 is 0 Å². The second-order valence-electron chi connectivity index (χ2n) is 6.27. The van der Waals surface area contributed by atoms with Crippen molar-refractivity contribution in [1.29, 1.82) is 0 Å². The van der Waals surface area contributed by atoms with Gasteiger partial charge in [0, 0.05) is 5.02 Å². The Hall–Kier alpha value is -2.65. The lowest BCUT2D eigenvalue weighted by molar-refractivity contribution is -0.113. The number of carbonyl (C=O) groups is 1. The van der Waals surface area contributed by atoms with Gasteiger partial charge in [0.05, 0.1) is 17.1 Å². The minimum Gasteiger partial charge on any atom is -0.455 e. The summed E-state index contributed by atoms with van der Waals surface area (Å²) in [6, 6.07) is 24.1. The van der Waals surface area contributed by atoms with Crippen molar-refractivity contribution in [2.45, 2.75) is 4.34 Å². The van der Waals surface area contributed by atoms with E-state index in [0.717, 1.165) is 10.0 Å². The maximum atomic E-state index is 12.6. The molecule has 9 heteroatoms. The molecule has 1 N–H and O–H groups in total. The minimum absolute atomic E-state index is 0.175. The number of anilines is 1. The molecule has 0 aliphatic rings. The van der Waals surface area contributed by atoms with E-state index in [9.17, 15) is 4.79 Å². The van der Waals surface area contributed by atoms with E-state index in [-0.39, 0.29) is 11.7 Å². The highest BCUT2D eigenvalue weighted by Crippen LogP contribution is 2.32. The molecule has 1 amide bonds. The Balaban J connectivity index is 1.43. The average Bonchev–Trinajstić information content (AvgIpc) is 3.16. The molecule has 156 valence electrons. The van der Waals surface area contributed by atoms with E-state index in [1.54, 1.807) is 22.9 Å². The fourth-order valence-electron chi connectivity index (χ4n) is 2.67. The SMILES string of the molecule is O=C(CSc1nn(-c2ccccc2)c(=S)s1)Nc1cc(Cl)ccc1Oc1ccccc1. The number of aromatic nitrogens is 2. The van der Waals surface area contributed by atoms with Crippen LogP contribution in [0.2, 0.25) is 5.02 Å². The van der Waals surface area contributed by atoms with Crippen LogP contribution in [0.25, 0.3) is 5.69 Å². The topological polar surface area (TPSA) is 56.2 Å². The highest BCUT2D eigenvalue weighted by Gasteiger charge is 2.13. The number of thioether (sulfide) groups is 1. The van der Waals surface area contributed by atoms with Crippen LogP contribution in [0.5, 0.6) is 11.5 Å². The van der Waals surface area contributed by atoms with Crippen LogP contribution in [0.4, 0.5) is 5.69 Å². The summed E-state index contributed by atoms with van der Waals surface area (Å²) in [5.74, 6) is 1.16. The first kappa shape index (κ1) is 21.6. The van der Waals surface area contributed by atoms with Gasteiger partial charge in [0.1, 0.15) is 5.75 Å². The van der Waals surface area contributed by atoms with Crippen LogP contribution in [0.3, 0.4) is 0 Å². The lowest BCUT2D eigenvalue weighted by atomic mass is 10.3. The van der Waals surface area contributed by atoms with Crippen molar-refractivity contribution in [2.24, 2.45) is 0 Å². The fraction of sp³-hybridized carbons (Fsp3) is 0.0455. The molecule has 0 spiro atoms. The molecule has 0 bridgehead atoms. The number of para-hydroxylation sites is 2. The van der Waals surface area contributed by atoms with Gasteiger partial charge >= 0.3 is 0 Å². The van der Waals surface area contributed by atoms with Crippen molar-refractivity contribution in [1.82, 2.24) is 9.78 Å². The Labute approximate surface area is 197 Å². The smallest absolute Gasteiger partial charge is 0.234 e. The lowest BCUT2D eigenvalue weighted by Gasteiger charge is -2.12. The molecule has 4 rings (SSSR count). The van der Waals surface area contributed by atoms with E-state index >= 15 is 0 Å². The Morgan fingerprint density at radius 1 is 1.10 bits per heavy atom. The third-order valence-electron chi connectivity index (χ3n) is 4.04. The summed E-state index contributed by atoms with van der Waals surface area (Å²) >= 11 is 14.2. The summed E-state index contributed by atoms with van der Waals surface area (Å²) in [5.41, 5.74) is 1.39. The maximum absolute atomic E-state index is 12.6. The summed E-state index contributed by atoms with van der Waals surface area (Å²) in [5, 5.41) is 7.89. The van der Waals surface area contributed by atoms with Gasteiger partial charge in [0.25, 0.3) is 0 Å². The van der Waals surface area contributed by atoms with Gasteiger partial charge in [0.15, 0.2) is 14.0 Å². The molecule has 31 heavy (non-hydrogen) atoms. The van der Waals surface area contributed by atoms with Crippen molar-refractivity contribution in [3.63, 3.8) is 0 Å². The van der Waals surface area contributed by atoms with E-state index in [2.05, 4.69) is 10.4 Å². The summed E-state index contributed by atoms with van der Waals surface area (Å²) < 4.78 is 8.93. The average molecular weight is 486 g/mol. The maximum Gasteiger partial charge on any atom is 0.234 e. The minimum atomic E-state index is -0.197. The Bertz CT molecular complexity index is 1240. The first-order chi connectivity index (χ1) is 15.1. The van der Waals surface area contributed by atoms with Crippen molar-refractivity contribution in [3.8, 4) is 17.2 Å². The summed E-state index contributed by atoms with van der Waals surface area (Å²) in [4.78, 5) is 12.6. The predicted octanol–water partition coefficient (Wildman–Crippen LogP) is 6.84. The summed E-state index contributed by atoms with van der Waals surface area (Å²) in [7, 11) is 0. The largest absolute Gasteiger partial charge is 0.455 e. The molecule has 0 saturated carbocycles. The number of hydrogen-bond acceptors (Lipinski definition) is 6. The standard InChI is InChI=1S/C22H16ClN3O2S3/c23-15-11-12-19(28-17-9-5-2-6-10-17)18(13-15)24-20(27)14-30-21-25-26(22(29)31-21)16-7-3-1-4-8-16/h1-13H,14H2,(H,24,27). The lowest BCUT2D eigenvalue weighted by Crippen LogP contribution is -2.14. The number of carbonyl (C=O) groups excluding carboxylic acids is 1. The third-order valence-corrected chi connectivity index (χ3v) is 6.64. The van der Waals surface area contributed by atoms with Crippen molar-refractivity contribution >= 4 is 58.5 Å². The van der Waals surface area contributed by atoms with Crippen molar-refractivity contribution in [3.05, 3.63) is 87.8 Å². The quantitative estimate of drug-likeness (QED) is 0.229. The van der Waals surface area contributed by atoms with Crippen LogP contribution in [0.1, 0.15) is 0 Å². The van der Waals surface area contributed by atoms with Gasteiger partial charge in [-0.2, -0.15) is 0 Å². The molecule has 0 fully saturated rings. The highest BCUT2D eigenvalue weighted by molar-refractivity contribution is 8.01. The monoisotopic (exact) mass is 485 g/mol. The Morgan fingerprint density at radius 2 is 1.81 bits per heavy atom. The first-order valence-electron chi connectivity index (χ1n) is 9.19. The fourth-order valence-corrected chi connectivity index (χ4v) is 5.00. The molecule has 0 unspecified atom stereocenters. The molecule has 0 saturated heterocycles. The van der Waals surface area contributed by atoms with Gasteiger partial charge in [-0.15, -0.1) is 5.10 Å². The van der Waals surface area contributed by atoms with Crippen LogP contribution in [-0.4, -0.2) is 21.4 Å². The number of nitrogens with one attached hydrogen (secondary N) is 1.